The molecule has 2 nitrogen and oxygen atoms in total. The minimum atomic E-state index is -0.614. The van der Waals surface area contributed by atoms with Gasteiger partial charge in [-0.1, -0.05) is 106 Å². The number of carbonyl (C=O) groups excluding carboxylic acids is 1. The van der Waals surface area contributed by atoms with Crippen LogP contribution in [0.15, 0.2) is 121 Å². The van der Waals surface area contributed by atoms with Crippen molar-refractivity contribution in [2.45, 2.75) is 13.8 Å². The van der Waals surface area contributed by atoms with Crippen molar-refractivity contribution < 1.29 is 55.8 Å². The van der Waals surface area contributed by atoms with E-state index in [0.29, 0.717) is 5.56 Å². The number of nitrogens with one attached hydrogen (secondary N) is 1. The summed E-state index contributed by atoms with van der Waals surface area (Å²) in [5.41, 5.74) is 9.40. The van der Waals surface area contributed by atoms with Crippen molar-refractivity contribution in [3.05, 3.63) is 144 Å². The first kappa shape index (κ1) is 33.6. The molecule has 6 heteroatoms. The molecule has 0 aromatic heterocycles. The number of benzene rings is 4. The van der Waals surface area contributed by atoms with Crippen LogP contribution in [0.5, 0.6) is 0 Å². The van der Waals surface area contributed by atoms with Crippen LogP contribution in [0, 0.1) is 13.8 Å². The molecule has 0 aliphatic rings. The van der Waals surface area contributed by atoms with Crippen LogP contribution >= 0.6 is 0 Å². The summed E-state index contributed by atoms with van der Waals surface area (Å²) < 4.78 is 0. The van der Waals surface area contributed by atoms with Crippen LogP contribution < -0.4 is 35.2 Å². The van der Waals surface area contributed by atoms with Gasteiger partial charge in [-0.3, -0.25) is 0 Å². The van der Waals surface area contributed by atoms with Crippen LogP contribution in [-0.4, -0.2) is 15.4 Å². The van der Waals surface area contributed by atoms with E-state index < -0.39 is 5.91 Å². The standard InChI is InChI=1S/C12H10Si.C9H11NO.C9H7.2ClH.Zr/c1-3-7-11(8-4-1)13-12-9-5-2-6-10-12;1-6-3-7(2)5-8(4-6)9(10)11;1-2-5-9-7-3-6-8(9)4-1;;;/h1-10H;3-5H,1-2H3,(H2,10,11);1-7H;2*1H;/q;;-1;;;+4/p-3. The van der Waals surface area contributed by atoms with Gasteiger partial charge in [0.05, 0.1) is 5.91 Å². The molecule has 5 rings (SSSR count). The van der Waals surface area contributed by atoms with E-state index in [1.165, 1.54) is 21.1 Å². The van der Waals surface area contributed by atoms with Crippen molar-refractivity contribution in [3.8, 4) is 0 Å². The average Bonchev–Trinajstić information content (AvgIpc) is 3.30. The van der Waals surface area contributed by atoms with Crippen LogP contribution in [0.1, 0.15) is 21.5 Å². The van der Waals surface area contributed by atoms with Crippen LogP contribution in [0.2, 0.25) is 0 Å². The van der Waals surface area contributed by atoms with Crippen molar-refractivity contribution in [3.63, 3.8) is 0 Å². The molecule has 0 atom stereocenters. The van der Waals surface area contributed by atoms with Gasteiger partial charge in [0.2, 0.25) is 0 Å². The predicted octanol–water partition coefficient (Wildman–Crippen LogP) is 0.402. The summed E-state index contributed by atoms with van der Waals surface area (Å²) in [6, 6.07) is 41.3. The molecule has 2 radical (unpaired) electrons. The quantitative estimate of drug-likeness (QED) is 0.217. The maximum absolute atomic E-state index is 10.6. The van der Waals surface area contributed by atoms with Crippen molar-refractivity contribution in [1.29, 1.82) is 0 Å². The Hall–Kier alpha value is -2.36. The Morgan fingerprint density at radius 2 is 1.17 bits per heavy atom. The first-order valence-corrected chi connectivity index (χ1v) is 11.8. The summed E-state index contributed by atoms with van der Waals surface area (Å²) in [6.07, 6.45) is 0. The van der Waals surface area contributed by atoms with E-state index in [1.807, 2.05) is 19.9 Å². The van der Waals surface area contributed by atoms with Crippen molar-refractivity contribution in [2.75, 3.05) is 0 Å². The van der Waals surface area contributed by atoms with Crippen LogP contribution in [0.3, 0.4) is 0 Å². The molecule has 0 saturated heterocycles. The fourth-order valence-corrected chi connectivity index (χ4v) is 4.44. The van der Waals surface area contributed by atoms with Gasteiger partial charge in [-0.25, -0.2) is 0 Å². The summed E-state index contributed by atoms with van der Waals surface area (Å²) >= 11 is 0. The van der Waals surface area contributed by atoms with Crippen molar-refractivity contribution in [2.24, 2.45) is 0 Å². The van der Waals surface area contributed by atoms with E-state index in [0.717, 1.165) is 20.6 Å². The predicted molar refractivity (Wildman–Crippen MR) is 142 cm³/mol. The second-order valence-electron chi connectivity index (χ2n) is 7.72. The fourth-order valence-electron chi connectivity index (χ4n) is 3.39. The molecule has 0 saturated carbocycles. The molecule has 0 spiro atoms. The number of halogens is 2. The van der Waals surface area contributed by atoms with Crippen LogP contribution in [-0.2, 0) is 26.2 Å². The van der Waals surface area contributed by atoms with E-state index >= 15 is 0 Å². The molecule has 180 valence electrons. The Kier molecular flexibility index (Phi) is 16.8. The number of aryl methyl sites for hydroxylation is 2. The second-order valence-corrected chi connectivity index (χ2v) is 9.12. The minimum absolute atomic E-state index is 0. The second kappa shape index (κ2) is 18.0. The SMILES string of the molecule is Cc1cc(C)cc(C([NH-])=O)c1.[Cl-].[Cl-].[Zr+4].c1ccc([Si]c2ccccc2)cc1.c1ccc2[cH-]ccc2c1. The third kappa shape index (κ3) is 11.6. The molecular weight excluding hydrogens is 581 g/mol. The molecule has 5 aromatic carbocycles. The summed E-state index contributed by atoms with van der Waals surface area (Å²) in [6.45, 7) is 3.83. The summed E-state index contributed by atoms with van der Waals surface area (Å²) in [4.78, 5) is 10.6. The first-order chi connectivity index (χ1) is 16.0. The third-order valence-corrected chi connectivity index (χ3v) is 6.11. The van der Waals surface area contributed by atoms with Crippen LogP contribution in [0.4, 0.5) is 0 Å². The number of hydrogen-bond donors (Lipinski definition) is 0. The van der Waals surface area contributed by atoms with Crippen LogP contribution in [0.25, 0.3) is 16.5 Å². The van der Waals surface area contributed by atoms with Gasteiger partial charge in [-0.2, -0.15) is 17.5 Å². The van der Waals surface area contributed by atoms with Gasteiger partial charge >= 0.3 is 26.2 Å². The first-order valence-electron chi connectivity index (χ1n) is 10.8. The topological polar surface area (TPSA) is 40.9 Å². The molecule has 36 heavy (non-hydrogen) atoms. The largest absolute Gasteiger partial charge is 4.00 e. The molecule has 1 amide bonds. The van der Waals surface area contributed by atoms with Gasteiger partial charge in [0.15, 0.2) is 0 Å². The maximum Gasteiger partial charge on any atom is 4.00 e. The van der Waals surface area contributed by atoms with E-state index in [2.05, 4.69) is 103 Å². The summed E-state index contributed by atoms with van der Waals surface area (Å²) in [5, 5.41) is 5.46. The van der Waals surface area contributed by atoms with Gasteiger partial charge in [-0.15, -0.1) is 29.7 Å². The van der Waals surface area contributed by atoms with E-state index in [4.69, 9.17) is 5.73 Å². The van der Waals surface area contributed by atoms with Gasteiger partial charge in [0.1, 0.15) is 9.52 Å². The minimum Gasteiger partial charge on any atom is -1.00 e. The normalized spacial score (nSPS) is 9.06. The Balaban J connectivity index is 0.000000497. The number of carbonyl (C=O) groups is 1. The Morgan fingerprint density at radius 1 is 0.694 bits per heavy atom. The molecule has 0 heterocycles. The molecule has 0 bridgehead atoms. The number of hydrogen-bond acceptors (Lipinski definition) is 1. The Bertz CT molecular complexity index is 1210. The molecular formula is C30H27Cl2NOSiZr. The van der Waals surface area contributed by atoms with E-state index in [9.17, 15) is 4.79 Å². The average molecular weight is 608 g/mol. The van der Waals surface area contributed by atoms with Crippen molar-refractivity contribution in [1.82, 2.24) is 0 Å². The number of rotatable bonds is 3. The molecule has 0 unspecified atom stereocenters. The van der Waals surface area contributed by atoms with Crippen molar-refractivity contribution >= 4 is 36.6 Å². The van der Waals surface area contributed by atoms with Gasteiger partial charge in [0, 0.05) is 0 Å². The summed E-state index contributed by atoms with van der Waals surface area (Å²) in [7, 11) is 0.777. The number of amides is 1. The molecule has 0 aliphatic carbocycles. The monoisotopic (exact) mass is 605 g/mol. The van der Waals surface area contributed by atoms with E-state index in [1.54, 1.807) is 12.1 Å². The van der Waals surface area contributed by atoms with Gasteiger partial charge in [0.25, 0.3) is 0 Å². The van der Waals surface area contributed by atoms with Gasteiger partial charge in [-0.05, 0) is 19.4 Å². The van der Waals surface area contributed by atoms with Gasteiger partial charge < -0.3 is 35.3 Å². The third-order valence-electron chi connectivity index (χ3n) is 4.87. The zero-order chi connectivity index (χ0) is 23.5. The molecule has 1 N–H and O–H groups in total. The zero-order valence-electron chi connectivity index (χ0n) is 20.2. The van der Waals surface area contributed by atoms with E-state index in [-0.39, 0.29) is 51.0 Å². The smallest absolute Gasteiger partial charge is 1.00 e. The fraction of sp³-hybridized carbons (Fsp3) is 0.0667. The molecule has 0 aliphatic heterocycles. The Morgan fingerprint density at radius 3 is 1.64 bits per heavy atom. The number of fused-ring (bicyclic) bond motifs is 1. The Labute approximate surface area is 248 Å². The molecule has 5 aromatic rings. The maximum atomic E-state index is 10.6. The zero-order valence-corrected chi connectivity index (χ0v) is 25.2. The summed E-state index contributed by atoms with van der Waals surface area (Å²) in [5.74, 6) is -0.614. The molecule has 0 fully saturated rings.